The van der Waals surface area contributed by atoms with E-state index < -0.39 is 0 Å². The molecule has 0 aromatic heterocycles. The van der Waals surface area contributed by atoms with Gasteiger partial charge in [-0.25, -0.2) is 4.39 Å². The highest BCUT2D eigenvalue weighted by Gasteiger charge is 2.21. The van der Waals surface area contributed by atoms with Gasteiger partial charge < -0.3 is 5.32 Å². The Morgan fingerprint density at radius 2 is 2.15 bits per heavy atom. The molecule has 1 aromatic carbocycles. The number of benzene rings is 1. The highest BCUT2D eigenvalue weighted by molar-refractivity contribution is 6.30. The molecule has 1 aliphatic heterocycles. The van der Waals surface area contributed by atoms with E-state index in [0.717, 1.165) is 13.0 Å². The predicted octanol–water partition coefficient (Wildman–Crippen LogP) is 2.94. The first kappa shape index (κ1) is 10.8. The van der Waals surface area contributed by atoms with Gasteiger partial charge in [-0.3, -0.25) is 0 Å². The summed E-state index contributed by atoms with van der Waals surface area (Å²) in [5, 5.41) is 3.73. The Morgan fingerprint density at radius 3 is 2.69 bits per heavy atom. The van der Waals surface area contributed by atoms with E-state index in [9.17, 15) is 4.39 Å². The predicted molar refractivity (Wildman–Crippen MR) is 54.0 cm³/mol. The van der Waals surface area contributed by atoms with Gasteiger partial charge in [0, 0.05) is 16.6 Å². The number of nitrogens with one attached hydrogen (secondary N) is 1. The molecule has 1 N–H and O–H groups in total. The highest BCUT2D eigenvalue weighted by atomic mass is 35.5. The van der Waals surface area contributed by atoms with Gasteiger partial charge in [0.2, 0.25) is 0 Å². The summed E-state index contributed by atoms with van der Waals surface area (Å²) in [6, 6.07) is 4.84. The van der Waals surface area contributed by atoms with Crippen molar-refractivity contribution in [2.75, 3.05) is 6.54 Å². The van der Waals surface area contributed by atoms with Gasteiger partial charge in [0.05, 0.1) is 0 Å². The second-order valence-electron chi connectivity index (χ2n) is 2.96. The summed E-state index contributed by atoms with van der Waals surface area (Å²) < 4.78 is 13.1. The van der Waals surface area contributed by atoms with Crippen LogP contribution in [-0.4, -0.2) is 6.54 Å². The van der Waals surface area contributed by atoms with Gasteiger partial charge in [-0.2, -0.15) is 0 Å². The van der Waals surface area contributed by atoms with Crippen LogP contribution in [0.4, 0.5) is 4.39 Å². The van der Waals surface area contributed by atoms with Crippen LogP contribution in [0.1, 0.15) is 18.0 Å². The van der Waals surface area contributed by atoms with Crippen molar-refractivity contribution >= 4 is 24.0 Å². The van der Waals surface area contributed by atoms with Gasteiger partial charge in [0.15, 0.2) is 0 Å². The quantitative estimate of drug-likeness (QED) is 0.770. The summed E-state index contributed by atoms with van der Waals surface area (Å²) in [4.78, 5) is 0. The maximum absolute atomic E-state index is 13.1. The molecule has 1 saturated heterocycles. The lowest BCUT2D eigenvalue weighted by atomic mass is 9.98. The normalized spacial score (nSPS) is 20.3. The molecule has 0 bridgehead atoms. The lowest BCUT2D eigenvalue weighted by molar-refractivity contribution is 0.370. The van der Waals surface area contributed by atoms with Gasteiger partial charge in [-0.05, 0) is 31.2 Å². The largest absolute Gasteiger partial charge is 0.310 e. The number of hydrogen-bond donors (Lipinski definition) is 1. The van der Waals surface area contributed by atoms with Crippen molar-refractivity contribution in [1.82, 2.24) is 5.32 Å². The fraction of sp³-hybridized carbons (Fsp3) is 0.333. The van der Waals surface area contributed by atoms with Crippen LogP contribution in [0, 0.1) is 5.82 Å². The Balaban J connectivity index is 0.000000845. The third-order valence-corrected chi connectivity index (χ3v) is 2.39. The van der Waals surface area contributed by atoms with Crippen molar-refractivity contribution in [2.45, 2.75) is 12.5 Å². The Bertz CT molecular complexity index is 300. The number of halogens is 3. The minimum atomic E-state index is -0.170. The SMILES string of the molecule is Cl.Fc1ccc(Cl)cc1[C@H]1CCN1. The van der Waals surface area contributed by atoms with Crippen molar-refractivity contribution in [3.05, 3.63) is 34.6 Å². The van der Waals surface area contributed by atoms with Crippen LogP contribution in [0.3, 0.4) is 0 Å². The zero-order chi connectivity index (χ0) is 8.55. The van der Waals surface area contributed by atoms with Crippen LogP contribution >= 0.6 is 24.0 Å². The first-order valence-electron chi connectivity index (χ1n) is 3.96. The molecule has 0 unspecified atom stereocenters. The zero-order valence-corrected chi connectivity index (χ0v) is 8.46. The molecular formula is C9H10Cl2FN. The first-order valence-corrected chi connectivity index (χ1v) is 4.33. The minimum absolute atomic E-state index is 0. The monoisotopic (exact) mass is 221 g/mol. The Hall–Kier alpha value is -0.310. The topological polar surface area (TPSA) is 12.0 Å². The molecule has 1 nitrogen and oxygen atoms in total. The molecular weight excluding hydrogens is 212 g/mol. The van der Waals surface area contributed by atoms with E-state index in [1.165, 1.54) is 6.07 Å². The molecule has 0 amide bonds. The van der Waals surface area contributed by atoms with Crippen LogP contribution in [0.5, 0.6) is 0 Å². The fourth-order valence-corrected chi connectivity index (χ4v) is 1.52. The maximum Gasteiger partial charge on any atom is 0.128 e. The maximum atomic E-state index is 13.1. The van der Waals surface area contributed by atoms with Gasteiger partial charge in [0.1, 0.15) is 5.82 Å². The molecule has 0 spiro atoms. The van der Waals surface area contributed by atoms with Crippen molar-refractivity contribution in [1.29, 1.82) is 0 Å². The summed E-state index contributed by atoms with van der Waals surface area (Å²) in [6.45, 7) is 0.969. The summed E-state index contributed by atoms with van der Waals surface area (Å²) in [5.74, 6) is -0.170. The van der Waals surface area contributed by atoms with Crippen molar-refractivity contribution in [2.24, 2.45) is 0 Å². The summed E-state index contributed by atoms with van der Waals surface area (Å²) in [5.41, 5.74) is 0.689. The van der Waals surface area contributed by atoms with E-state index in [2.05, 4.69) is 5.32 Å². The molecule has 0 aliphatic carbocycles. The molecule has 1 aliphatic rings. The van der Waals surface area contributed by atoms with Crippen LogP contribution in [0.15, 0.2) is 18.2 Å². The van der Waals surface area contributed by atoms with Crippen molar-refractivity contribution in [3.63, 3.8) is 0 Å². The molecule has 1 fully saturated rings. The fourth-order valence-electron chi connectivity index (χ4n) is 1.34. The molecule has 4 heteroatoms. The zero-order valence-electron chi connectivity index (χ0n) is 6.89. The number of rotatable bonds is 1. The van der Waals surface area contributed by atoms with E-state index in [1.54, 1.807) is 12.1 Å². The van der Waals surface area contributed by atoms with Gasteiger partial charge in [-0.15, -0.1) is 12.4 Å². The number of hydrogen-bond acceptors (Lipinski definition) is 1. The molecule has 0 radical (unpaired) electrons. The van der Waals surface area contributed by atoms with Gasteiger partial charge in [0.25, 0.3) is 0 Å². The van der Waals surface area contributed by atoms with Crippen LogP contribution < -0.4 is 5.32 Å². The van der Waals surface area contributed by atoms with E-state index in [0.29, 0.717) is 10.6 Å². The summed E-state index contributed by atoms with van der Waals surface area (Å²) in [7, 11) is 0. The Kier molecular flexibility index (Phi) is 3.54. The molecule has 1 aromatic rings. The molecule has 0 saturated carbocycles. The molecule has 1 atom stereocenters. The Labute approximate surface area is 87.7 Å². The van der Waals surface area contributed by atoms with Crippen LogP contribution in [0.2, 0.25) is 5.02 Å². The second kappa shape index (κ2) is 4.27. The smallest absolute Gasteiger partial charge is 0.128 e. The standard InChI is InChI=1S/C9H9ClFN.ClH/c10-6-1-2-8(11)7(5-6)9-3-4-12-9;/h1-2,5,9,12H,3-4H2;1H/t9-;/m1./s1. The summed E-state index contributed by atoms with van der Waals surface area (Å²) in [6.07, 6.45) is 0.997. The lowest BCUT2D eigenvalue weighted by Crippen LogP contribution is -2.35. The van der Waals surface area contributed by atoms with Crippen LogP contribution in [-0.2, 0) is 0 Å². The van der Waals surface area contributed by atoms with E-state index in [-0.39, 0.29) is 24.3 Å². The second-order valence-corrected chi connectivity index (χ2v) is 3.40. The lowest BCUT2D eigenvalue weighted by Gasteiger charge is -2.28. The minimum Gasteiger partial charge on any atom is -0.310 e. The average Bonchev–Trinajstić information content (AvgIpc) is 1.93. The van der Waals surface area contributed by atoms with Crippen molar-refractivity contribution < 1.29 is 4.39 Å². The van der Waals surface area contributed by atoms with Crippen molar-refractivity contribution in [3.8, 4) is 0 Å². The Morgan fingerprint density at radius 1 is 1.46 bits per heavy atom. The average molecular weight is 222 g/mol. The molecule has 13 heavy (non-hydrogen) atoms. The van der Waals surface area contributed by atoms with E-state index >= 15 is 0 Å². The molecule has 2 rings (SSSR count). The molecule has 1 heterocycles. The van der Waals surface area contributed by atoms with E-state index in [1.807, 2.05) is 0 Å². The van der Waals surface area contributed by atoms with Gasteiger partial charge >= 0.3 is 0 Å². The third kappa shape index (κ3) is 2.13. The van der Waals surface area contributed by atoms with Crippen LogP contribution in [0.25, 0.3) is 0 Å². The molecule has 72 valence electrons. The first-order chi connectivity index (χ1) is 5.77. The third-order valence-electron chi connectivity index (χ3n) is 2.16. The summed E-state index contributed by atoms with van der Waals surface area (Å²) >= 11 is 5.75. The van der Waals surface area contributed by atoms with E-state index in [4.69, 9.17) is 11.6 Å². The van der Waals surface area contributed by atoms with Gasteiger partial charge in [-0.1, -0.05) is 11.6 Å². The highest BCUT2D eigenvalue weighted by Crippen LogP contribution is 2.27.